The van der Waals surface area contributed by atoms with Crippen molar-refractivity contribution in [2.45, 2.75) is 0 Å². The molecule has 0 heterocycles. The SMILES string of the molecule is O=C(O)/C=C/c1ccc(Cl)c(NC(=O)c2ccccc2)c1. The number of rotatable bonds is 4. The van der Waals surface area contributed by atoms with Gasteiger partial charge in [0.2, 0.25) is 0 Å². The topological polar surface area (TPSA) is 66.4 Å². The fourth-order valence-corrected chi connectivity index (χ4v) is 1.86. The summed E-state index contributed by atoms with van der Waals surface area (Å²) in [7, 11) is 0. The van der Waals surface area contributed by atoms with Crippen molar-refractivity contribution in [2.24, 2.45) is 0 Å². The summed E-state index contributed by atoms with van der Waals surface area (Å²) < 4.78 is 0. The summed E-state index contributed by atoms with van der Waals surface area (Å²) in [5, 5.41) is 11.7. The van der Waals surface area contributed by atoms with Crippen LogP contribution in [0.2, 0.25) is 5.02 Å². The molecule has 0 radical (unpaired) electrons. The molecule has 2 rings (SSSR count). The first-order chi connectivity index (χ1) is 10.1. The molecule has 0 aliphatic rings. The van der Waals surface area contributed by atoms with E-state index < -0.39 is 5.97 Å². The maximum absolute atomic E-state index is 12.1. The third-order valence-electron chi connectivity index (χ3n) is 2.69. The molecule has 2 N–H and O–H groups in total. The molecule has 0 saturated carbocycles. The van der Waals surface area contributed by atoms with Crippen molar-refractivity contribution in [1.29, 1.82) is 0 Å². The second-order valence-corrected chi connectivity index (χ2v) is 4.64. The number of benzene rings is 2. The minimum atomic E-state index is -1.04. The highest BCUT2D eigenvalue weighted by atomic mass is 35.5. The molecule has 4 nitrogen and oxygen atoms in total. The zero-order chi connectivity index (χ0) is 15.2. The third kappa shape index (κ3) is 4.19. The van der Waals surface area contributed by atoms with Gasteiger partial charge < -0.3 is 10.4 Å². The molecule has 0 aliphatic carbocycles. The molecule has 0 atom stereocenters. The number of aliphatic carboxylic acids is 1. The monoisotopic (exact) mass is 301 g/mol. The van der Waals surface area contributed by atoms with E-state index in [1.807, 2.05) is 6.07 Å². The van der Waals surface area contributed by atoms with Crippen LogP contribution in [0.3, 0.4) is 0 Å². The third-order valence-corrected chi connectivity index (χ3v) is 3.02. The van der Waals surface area contributed by atoms with Gasteiger partial charge in [0, 0.05) is 11.6 Å². The van der Waals surface area contributed by atoms with E-state index >= 15 is 0 Å². The van der Waals surface area contributed by atoms with Gasteiger partial charge in [-0.15, -0.1) is 0 Å². The second kappa shape index (κ2) is 6.72. The summed E-state index contributed by atoms with van der Waals surface area (Å²) in [6, 6.07) is 13.6. The summed E-state index contributed by atoms with van der Waals surface area (Å²) in [5.41, 5.74) is 1.57. The van der Waals surface area contributed by atoms with E-state index in [4.69, 9.17) is 16.7 Å². The number of carbonyl (C=O) groups excluding carboxylic acids is 1. The molecule has 2 aromatic carbocycles. The second-order valence-electron chi connectivity index (χ2n) is 4.23. The Kier molecular flexibility index (Phi) is 4.74. The molecule has 0 aromatic heterocycles. The molecule has 2 aromatic rings. The number of carboxylic acids is 1. The Morgan fingerprint density at radius 3 is 2.48 bits per heavy atom. The van der Waals surface area contributed by atoms with Crippen LogP contribution < -0.4 is 5.32 Å². The Morgan fingerprint density at radius 2 is 1.81 bits per heavy atom. The van der Waals surface area contributed by atoms with Crippen LogP contribution in [-0.4, -0.2) is 17.0 Å². The molecule has 1 amide bonds. The molecule has 0 aliphatic heterocycles. The predicted octanol–water partition coefficient (Wildman–Crippen LogP) is 3.69. The van der Waals surface area contributed by atoms with Crippen LogP contribution >= 0.6 is 11.6 Å². The van der Waals surface area contributed by atoms with Gasteiger partial charge in [-0.25, -0.2) is 4.79 Å². The van der Waals surface area contributed by atoms with Crippen molar-refractivity contribution in [3.8, 4) is 0 Å². The van der Waals surface area contributed by atoms with E-state index in [9.17, 15) is 9.59 Å². The van der Waals surface area contributed by atoms with Gasteiger partial charge in [0.15, 0.2) is 0 Å². The molecular weight excluding hydrogens is 290 g/mol. The van der Waals surface area contributed by atoms with Crippen LogP contribution in [-0.2, 0) is 4.79 Å². The Morgan fingerprint density at radius 1 is 1.10 bits per heavy atom. The summed E-state index contributed by atoms with van der Waals surface area (Å²) in [5.74, 6) is -1.32. The first-order valence-corrected chi connectivity index (χ1v) is 6.51. The van der Waals surface area contributed by atoms with Gasteiger partial charge in [-0.3, -0.25) is 4.79 Å². The summed E-state index contributed by atoms with van der Waals surface area (Å²) in [6.45, 7) is 0. The smallest absolute Gasteiger partial charge is 0.328 e. The molecule has 21 heavy (non-hydrogen) atoms. The summed E-state index contributed by atoms with van der Waals surface area (Å²) in [6.07, 6.45) is 2.45. The molecular formula is C16H12ClNO3. The molecule has 0 bridgehead atoms. The number of amides is 1. The van der Waals surface area contributed by atoms with Gasteiger partial charge in [0.25, 0.3) is 5.91 Å². The van der Waals surface area contributed by atoms with Crippen molar-refractivity contribution in [2.75, 3.05) is 5.32 Å². The fourth-order valence-electron chi connectivity index (χ4n) is 1.69. The largest absolute Gasteiger partial charge is 0.478 e. The van der Waals surface area contributed by atoms with Crippen LogP contribution in [0.15, 0.2) is 54.6 Å². The van der Waals surface area contributed by atoms with Crippen LogP contribution in [0.1, 0.15) is 15.9 Å². The van der Waals surface area contributed by atoms with Crippen molar-refractivity contribution in [3.63, 3.8) is 0 Å². The van der Waals surface area contributed by atoms with Gasteiger partial charge in [0.05, 0.1) is 10.7 Å². The quantitative estimate of drug-likeness (QED) is 0.846. The number of carbonyl (C=O) groups is 2. The Labute approximate surface area is 126 Å². The summed E-state index contributed by atoms with van der Waals surface area (Å²) >= 11 is 6.04. The van der Waals surface area contributed by atoms with E-state index in [2.05, 4.69) is 5.32 Å². The molecule has 0 spiro atoms. The van der Waals surface area contributed by atoms with E-state index in [1.54, 1.807) is 42.5 Å². The first-order valence-electron chi connectivity index (χ1n) is 6.13. The average molecular weight is 302 g/mol. The van der Waals surface area contributed by atoms with Crippen molar-refractivity contribution < 1.29 is 14.7 Å². The summed E-state index contributed by atoms with van der Waals surface area (Å²) in [4.78, 5) is 22.6. The minimum absolute atomic E-state index is 0.281. The Balaban J connectivity index is 2.21. The minimum Gasteiger partial charge on any atom is -0.478 e. The highest BCUT2D eigenvalue weighted by Gasteiger charge is 2.08. The van der Waals surface area contributed by atoms with Crippen LogP contribution in [0.5, 0.6) is 0 Å². The number of nitrogens with one attached hydrogen (secondary N) is 1. The molecule has 5 heteroatoms. The van der Waals surface area contributed by atoms with Crippen molar-refractivity contribution >= 4 is 35.2 Å². The molecule has 106 valence electrons. The van der Waals surface area contributed by atoms with E-state index in [-0.39, 0.29) is 5.91 Å². The lowest BCUT2D eigenvalue weighted by molar-refractivity contribution is -0.131. The van der Waals surface area contributed by atoms with E-state index in [1.165, 1.54) is 6.08 Å². The lowest BCUT2D eigenvalue weighted by Gasteiger charge is -2.08. The Hall–Kier alpha value is -2.59. The lowest BCUT2D eigenvalue weighted by Crippen LogP contribution is -2.12. The molecule has 0 unspecified atom stereocenters. The fraction of sp³-hybridized carbons (Fsp3) is 0. The normalized spacial score (nSPS) is 10.5. The van der Waals surface area contributed by atoms with E-state index in [0.717, 1.165) is 6.08 Å². The van der Waals surface area contributed by atoms with Crippen LogP contribution in [0, 0.1) is 0 Å². The van der Waals surface area contributed by atoms with Crippen molar-refractivity contribution in [3.05, 3.63) is 70.8 Å². The predicted molar refractivity (Wildman–Crippen MR) is 82.5 cm³/mol. The zero-order valence-electron chi connectivity index (χ0n) is 10.9. The Bertz CT molecular complexity index is 696. The number of carboxylic acid groups (broad SMARTS) is 1. The van der Waals surface area contributed by atoms with E-state index in [0.29, 0.717) is 21.8 Å². The zero-order valence-corrected chi connectivity index (χ0v) is 11.7. The van der Waals surface area contributed by atoms with Gasteiger partial charge in [-0.05, 0) is 35.9 Å². The standard InChI is InChI=1S/C16H12ClNO3/c17-13-8-6-11(7-9-15(19)20)10-14(13)18-16(21)12-4-2-1-3-5-12/h1-10H,(H,18,21)(H,19,20)/b9-7+. The van der Waals surface area contributed by atoms with Crippen LogP contribution in [0.25, 0.3) is 6.08 Å². The first kappa shape index (κ1) is 14.8. The van der Waals surface area contributed by atoms with Crippen LogP contribution in [0.4, 0.5) is 5.69 Å². The number of anilines is 1. The maximum atomic E-state index is 12.1. The van der Waals surface area contributed by atoms with Gasteiger partial charge >= 0.3 is 5.97 Å². The van der Waals surface area contributed by atoms with Crippen molar-refractivity contribution in [1.82, 2.24) is 0 Å². The highest BCUT2D eigenvalue weighted by Crippen LogP contribution is 2.24. The van der Waals surface area contributed by atoms with Gasteiger partial charge in [0.1, 0.15) is 0 Å². The number of hydrogen-bond acceptors (Lipinski definition) is 2. The number of halogens is 1. The highest BCUT2D eigenvalue weighted by molar-refractivity contribution is 6.34. The average Bonchev–Trinajstić information content (AvgIpc) is 2.48. The van der Waals surface area contributed by atoms with Gasteiger partial charge in [-0.1, -0.05) is 35.9 Å². The van der Waals surface area contributed by atoms with Gasteiger partial charge in [-0.2, -0.15) is 0 Å². The lowest BCUT2D eigenvalue weighted by atomic mass is 10.1. The number of hydrogen-bond donors (Lipinski definition) is 2. The molecule has 0 saturated heterocycles. The molecule has 0 fully saturated rings. The maximum Gasteiger partial charge on any atom is 0.328 e.